The van der Waals surface area contributed by atoms with Crippen LogP contribution in [0.4, 0.5) is 0 Å². The number of nitrogens with one attached hydrogen (secondary N) is 1. The lowest BCUT2D eigenvalue weighted by Crippen LogP contribution is -2.45. The van der Waals surface area contributed by atoms with Crippen LogP contribution in [0.15, 0.2) is 0 Å². The third kappa shape index (κ3) is 4.62. The van der Waals surface area contributed by atoms with Crippen LogP contribution in [-0.4, -0.2) is 43.1 Å². The molecule has 1 rings (SSSR count). The van der Waals surface area contributed by atoms with Crippen molar-refractivity contribution in [1.29, 1.82) is 5.41 Å². The Morgan fingerprint density at radius 3 is 3.00 bits per heavy atom. The van der Waals surface area contributed by atoms with Crippen molar-refractivity contribution < 1.29 is 4.74 Å². The van der Waals surface area contributed by atoms with Crippen molar-refractivity contribution in [3.63, 3.8) is 0 Å². The highest BCUT2D eigenvalue weighted by Crippen LogP contribution is 2.11. The zero-order valence-electron chi connectivity index (χ0n) is 9.67. The molecule has 1 fully saturated rings. The zero-order chi connectivity index (χ0) is 11.1. The van der Waals surface area contributed by atoms with Crippen LogP contribution < -0.4 is 5.73 Å². The number of nitrogens with two attached hydrogens (primary N) is 1. The minimum Gasteiger partial charge on any atom is -0.388 e. The number of amidine groups is 1. The summed E-state index contributed by atoms with van der Waals surface area (Å²) in [5, 5.41) is 7.14. The zero-order valence-corrected chi connectivity index (χ0v) is 9.67. The third-order valence-electron chi connectivity index (χ3n) is 2.96. The number of nitrogens with zero attached hydrogens (tertiary/aromatic N) is 1. The fourth-order valence-electron chi connectivity index (χ4n) is 1.99. The van der Waals surface area contributed by atoms with Crippen LogP contribution in [-0.2, 0) is 4.74 Å². The van der Waals surface area contributed by atoms with E-state index in [1.807, 2.05) is 0 Å². The van der Waals surface area contributed by atoms with Gasteiger partial charge in [0.1, 0.15) is 0 Å². The molecule has 0 aliphatic carbocycles. The molecule has 1 unspecified atom stereocenters. The summed E-state index contributed by atoms with van der Waals surface area (Å²) in [4.78, 5) is 2.50. The summed E-state index contributed by atoms with van der Waals surface area (Å²) in [5.74, 6) is 0.309. The van der Waals surface area contributed by atoms with Gasteiger partial charge in [0.05, 0.1) is 19.0 Å². The van der Waals surface area contributed by atoms with Crippen molar-refractivity contribution in [2.24, 2.45) is 5.73 Å². The minimum absolute atomic E-state index is 0.309. The van der Waals surface area contributed by atoms with E-state index >= 15 is 0 Å². The van der Waals surface area contributed by atoms with E-state index in [4.69, 9.17) is 15.9 Å². The molecule has 1 aliphatic heterocycles. The Balaban J connectivity index is 2.15. The first-order valence-electron chi connectivity index (χ1n) is 5.88. The molecule has 0 aromatic rings. The van der Waals surface area contributed by atoms with Crippen molar-refractivity contribution in [3.05, 3.63) is 0 Å². The monoisotopic (exact) mass is 213 g/mol. The molecule has 0 bridgehead atoms. The smallest absolute Gasteiger partial charge is 0.0905 e. The molecule has 4 nitrogen and oxygen atoms in total. The number of ether oxygens (including phenoxy) is 1. The van der Waals surface area contributed by atoms with Crippen LogP contribution in [0.5, 0.6) is 0 Å². The van der Waals surface area contributed by atoms with E-state index in [9.17, 15) is 0 Å². The number of rotatable bonds is 6. The predicted molar refractivity (Wildman–Crippen MR) is 62.2 cm³/mol. The quantitative estimate of drug-likeness (QED) is 0.396. The van der Waals surface area contributed by atoms with Crippen LogP contribution in [0, 0.1) is 5.41 Å². The Morgan fingerprint density at radius 2 is 2.33 bits per heavy atom. The van der Waals surface area contributed by atoms with Gasteiger partial charge >= 0.3 is 0 Å². The van der Waals surface area contributed by atoms with Gasteiger partial charge in [-0.05, 0) is 25.8 Å². The lowest BCUT2D eigenvalue weighted by molar-refractivity contribution is -0.00906. The molecule has 88 valence electrons. The fourth-order valence-corrected chi connectivity index (χ4v) is 1.99. The maximum absolute atomic E-state index is 7.14. The van der Waals surface area contributed by atoms with Gasteiger partial charge < -0.3 is 10.5 Å². The number of morpholine rings is 1. The maximum atomic E-state index is 7.14. The second kappa shape index (κ2) is 6.80. The van der Waals surface area contributed by atoms with E-state index in [2.05, 4.69) is 11.8 Å². The topological polar surface area (TPSA) is 62.3 Å². The first-order chi connectivity index (χ1) is 7.24. The Morgan fingerprint density at radius 1 is 1.53 bits per heavy atom. The largest absolute Gasteiger partial charge is 0.388 e. The normalized spacial score (nSPS) is 22.9. The second-order valence-electron chi connectivity index (χ2n) is 4.16. The van der Waals surface area contributed by atoms with Crippen LogP contribution in [0.3, 0.4) is 0 Å². The van der Waals surface area contributed by atoms with E-state index in [0.29, 0.717) is 11.9 Å². The van der Waals surface area contributed by atoms with E-state index < -0.39 is 0 Å². The molecule has 1 aliphatic rings. The van der Waals surface area contributed by atoms with Gasteiger partial charge in [0.2, 0.25) is 0 Å². The van der Waals surface area contributed by atoms with Gasteiger partial charge in [0.15, 0.2) is 0 Å². The lowest BCUT2D eigenvalue weighted by Gasteiger charge is -2.35. The van der Waals surface area contributed by atoms with Crippen LogP contribution >= 0.6 is 0 Å². The van der Waals surface area contributed by atoms with Crippen LogP contribution in [0.2, 0.25) is 0 Å². The van der Waals surface area contributed by atoms with Gasteiger partial charge in [-0.1, -0.05) is 6.92 Å². The molecule has 4 heteroatoms. The number of hydrogen-bond acceptors (Lipinski definition) is 3. The second-order valence-corrected chi connectivity index (χ2v) is 4.16. The average Bonchev–Trinajstić information content (AvgIpc) is 2.24. The molecule has 15 heavy (non-hydrogen) atoms. The van der Waals surface area contributed by atoms with Crippen molar-refractivity contribution in [1.82, 2.24) is 4.90 Å². The van der Waals surface area contributed by atoms with Crippen molar-refractivity contribution >= 4 is 5.84 Å². The molecular weight excluding hydrogens is 190 g/mol. The summed E-state index contributed by atoms with van der Waals surface area (Å²) in [6.45, 7) is 6.13. The molecule has 1 saturated heterocycles. The van der Waals surface area contributed by atoms with Gasteiger partial charge in [-0.2, -0.15) is 0 Å². The third-order valence-corrected chi connectivity index (χ3v) is 2.96. The van der Waals surface area contributed by atoms with Crippen molar-refractivity contribution in [2.75, 3.05) is 26.3 Å². The molecule has 0 saturated carbocycles. The molecule has 0 amide bonds. The summed E-state index contributed by atoms with van der Waals surface area (Å²) in [7, 11) is 0. The van der Waals surface area contributed by atoms with Crippen LogP contribution in [0.25, 0.3) is 0 Å². The Hall–Kier alpha value is -0.610. The molecule has 0 aromatic carbocycles. The highest BCUT2D eigenvalue weighted by molar-refractivity contribution is 5.76. The SMILES string of the molecule is CCC1COCCN1CCCCC(=N)N. The summed E-state index contributed by atoms with van der Waals surface area (Å²) in [6.07, 6.45) is 4.06. The predicted octanol–water partition coefficient (Wildman–Crippen LogP) is 1.20. The van der Waals surface area contributed by atoms with Crippen molar-refractivity contribution in [3.8, 4) is 0 Å². The Labute approximate surface area is 92.3 Å². The standard InChI is InChI=1S/C11H23N3O/c1-2-10-9-15-8-7-14(10)6-4-3-5-11(12)13/h10H,2-9H2,1H3,(H3,12,13). The van der Waals surface area contributed by atoms with E-state index in [-0.39, 0.29) is 0 Å². The Bertz CT molecular complexity index is 196. The summed E-state index contributed by atoms with van der Waals surface area (Å²) in [6, 6.07) is 0.594. The molecular formula is C11H23N3O. The summed E-state index contributed by atoms with van der Waals surface area (Å²) >= 11 is 0. The Kier molecular flexibility index (Phi) is 5.65. The molecule has 3 N–H and O–H groups in total. The van der Waals surface area contributed by atoms with E-state index in [1.165, 1.54) is 0 Å². The fraction of sp³-hybridized carbons (Fsp3) is 0.909. The van der Waals surface area contributed by atoms with Crippen molar-refractivity contribution in [2.45, 2.75) is 38.6 Å². The highest BCUT2D eigenvalue weighted by atomic mass is 16.5. The molecule has 0 aromatic heterocycles. The van der Waals surface area contributed by atoms with Gasteiger partial charge in [-0.3, -0.25) is 10.3 Å². The molecule has 1 atom stereocenters. The van der Waals surface area contributed by atoms with Gasteiger partial charge in [-0.15, -0.1) is 0 Å². The van der Waals surface area contributed by atoms with Crippen LogP contribution in [0.1, 0.15) is 32.6 Å². The van der Waals surface area contributed by atoms with Gasteiger partial charge in [-0.25, -0.2) is 0 Å². The average molecular weight is 213 g/mol. The lowest BCUT2D eigenvalue weighted by atomic mass is 10.1. The summed E-state index contributed by atoms with van der Waals surface area (Å²) in [5.41, 5.74) is 5.31. The molecule has 1 heterocycles. The number of hydrogen-bond donors (Lipinski definition) is 2. The maximum Gasteiger partial charge on any atom is 0.0905 e. The minimum atomic E-state index is 0.309. The molecule has 0 spiro atoms. The van der Waals surface area contributed by atoms with Gasteiger partial charge in [0, 0.05) is 19.0 Å². The van der Waals surface area contributed by atoms with Gasteiger partial charge in [0.25, 0.3) is 0 Å². The molecule has 0 radical (unpaired) electrons. The first kappa shape index (κ1) is 12.5. The summed E-state index contributed by atoms with van der Waals surface area (Å²) < 4.78 is 5.45. The van der Waals surface area contributed by atoms with E-state index in [0.717, 1.165) is 52.0 Å². The highest BCUT2D eigenvalue weighted by Gasteiger charge is 2.20. The first-order valence-corrected chi connectivity index (χ1v) is 5.88. The number of unbranched alkanes of at least 4 members (excludes halogenated alkanes) is 1. The van der Waals surface area contributed by atoms with E-state index in [1.54, 1.807) is 0 Å².